The molecule has 1 rings (SSSR count). The Hall–Kier alpha value is -1.10. The largest absolute Gasteiger partial charge is 0.417 e. The third-order valence-electron chi connectivity index (χ3n) is 2.07. The number of pyridine rings is 1. The third kappa shape index (κ3) is 3.51. The van der Waals surface area contributed by atoms with Gasteiger partial charge in [0, 0.05) is 18.3 Å². The van der Waals surface area contributed by atoms with Crippen molar-refractivity contribution in [3.63, 3.8) is 0 Å². The van der Waals surface area contributed by atoms with E-state index in [-0.39, 0.29) is 6.42 Å². The first-order valence-electron chi connectivity index (χ1n) is 4.63. The molecule has 0 aliphatic carbocycles. The van der Waals surface area contributed by atoms with Crippen LogP contribution in [-0.4, -0.2) is 16.2 Å². The highest BCUT2D eigenvalue weighted by atomic mass is 19.4. The van der Waals surface area contributed by atoms with E-state index < -0.39 is 17.8 Å². The zero-order valence-electron chi connectivity index (χ0n) is 8.25. The van der Waals surface area contributed by atoms with Gasteiger partial charge >= 0.3 is 6.18 Å². The van der Waals surface area contributed by atoms with Crippen molar-refractivity contribution in [3.8, 4) is 0 Å². The topological polar surface area (TPSA) is 33.1 Å². The highest BCUT2D eigenvalue weighted by Crippen LogP contribution is 2.28. The number of nitrogens with zero attached hydrogens (tertiary/aromatic N) is 1. The first kappa shape index (κ1) is 12.0. The van der Waals surface area contributed by atoms with E-state index in [1.807, 2.05) is 0 Å². The highest BCUT2D eigenvalue weighted by molar-refractivity contribution is 5.17. The van der Waals surface area contributed by atoms with Crippen molar-refractivity contribution in [1.29, 1.82) is 0 Å². The number of halogens is 3. The Bertz CT molecular complexity index is 307. The van der Waals surface area contributed by atoms with Crippen molar-refractivity contribution in [2.45, 2.75) is 32.0 Å². The number of alkyl halides is 3. The minimum absolute atomic E-state index is 0.286. The van der Waals surface area contributed by atoms with Crippen molar-refractivity contribution in [3.05, 3.63) is 29.6 Å². The second kappa shape index (κ2) is 4.61. The van der Waals surface area contributed by atoms with Gasteiger partial charge in [-0.1, -0.05) is 6.92 Å². The van der Waals surface area contributed by atoms with Gasteiger partial charge in [-0.15, -0.1) is 0 Å². The fourth-order valence-corrected chi connectivity index (χ4v) is 1.10. The Kier molecular flexibility index (Phi) is 3.68. The molecule has 5 heteroatoms. The van der Waals surface area contributed by atoms with E-state index in [0.29, 0.717) is 12.1 Å². The monoisotopic (exact) mass is 219 g/mol. The summed E-state index contributed by atoms with van der Waals surface area (Å²) >= 11 is 0. The Morgan fingerprint density at radius 2 is 2.07 bits per heavy atom. The molecule has 0 aromatic carbocycles. The summed E-state index contributed by atoms with van der Waals surface area (Å²) in [4.78, 5) is 3.65. The lowest BCUT2D eigenvalue weighted by Gasteiger charge is -2.09. The van der Waals surface area contributed by atoms with E-state index in [1.165, 1.54) is 6.07 Å². The maximum absolute atomic E-state index is 12.2. The maximum Gasteiger partial charge on any atom is 0.417 e. The standard InChI is InChI=1S/C10H12F3NO/c1-2-9(15)5-8-4-3-7(6-14-8)10(11,12)13/h3-4,6,9,15H,2,5H2,1H3. The quantitative estimate of drug-likeness (QED) is 0.846. The van der Waals surface area contributed by atoms with Gasteiger partial charge in [0.15, 0.2) is 0 Å². The lowest BCUT2D eigenvalue weighted by atomic mass is 10.1. The molecule has 0 spiro atoms. The van der Waals surface area contributed by atoms with E-state index in [1.54, 1.807) is 6.92 Å². The minimum Gasteiger partial charge on any atom is -0.393 e. The molecule has 0 aliphatic rings. The number of aromatic nitrogens is 1. The number of hydrogen-bond acceptors (Lipinski definition) is 2. The summed E-state index contributed by atoms with van der Waals surface area (Å²) in [7, 11) is 0. The molecule has 1 unspecified atom stereocenters. The molecule has 0 saturated carbocycles. The van der Waals surface area contributed by atoms with Crippen molar-refractivity contribution < 1.29 is 18.3 Å². The second-order valence-corrected chi connectivity index (χ2v) is 3.30. The van der Waals surface area contributed by atoms with Gasteiger partial charge in [0.25, 0.3) is 0 Å². The molecule has 0 saturated heterocycles. The van der Waals surface area contributed by atoms with Crippen LogP contribution in [0.2, 0.25) is 0 Å². The van der Waals surface area contributed by atoms with E-state index in [9.17, 15) is 18.3 Å². The molecule has 1 atom stereocenters. The molecular weight excluding hydrogens is 207 g/mol. The zero-order chi connectivity index (χ0) is 11.5. The van der Waals surface area contributed by atoms with Crippen LogP contribution in [-0.2, 0) is 12.6 Å². The van der Waals surface area contributed by atoms with Crippen molar-refractivity contribution in [2.24, 2.45) is 0 Å². The van der Waals surface area contributed by atoms with Crippen LogP contribution in [0.4, 0.5) is 13.2 Å². The summed E-state index contributed by atoms with van der Waals surface area (Å²) in [5.74, 6) is 0. The van der Waals surface area contributed by atoms with Crippen molar-refractivity contribution in [1.82, 2.24) is 4.98 Å². The van der Waals surface area contributed by atoms with E-state index in [4.69, 9.17) is 0 Å². The minimum atomic E-state index is -4.35. The number of aliphatic hydroxyl groups excluding tert-OH is 1. The predicted molar refractivity (Wildman–Crippen MR) is 49.2 cm³/mol. The summed E-state index contributed by atoms with van der Waals surface area (Å²) in [6, 6.07) is 2.27. The molecule has 0 bridgehead atoms. The molecule has 1 heterocycles. The van der Waals surface area contributed by atoms with Crippen LogP contribution in [0.3, 0.4) is 0 Å². The van der Waals surface area contributed by atoms with Crippen LogP contribution >= 0.6 is 0 Å². The summed E-state index contributed by atoms with van der Waals surface area (Å²) in [6.45, 7) is 1.80. The Morgan fingerprint density at radius 3 is 2.47 bits per heavy atom. The molecule has 0 aliphatic heterocycles. The maximum atomic E-state index is 12.2. The van der Waals surface area contributed by atoms with Gasteiger partial charge in [-0.2, -0.15) is 13.2 Å². The summed E-state index contributed by atoms with van der Waals surface area (Å²) < 4.78 is 36.5. The number of aliphatic hydroxyl groups is 1. The van der Waals surface area contributed by atoms with Gasteiger partial charge in [-0.25, -0.2) is 0 Å². The average molecular weight is 219 g/mol. The van der Waals surface area contributed by atoms with Crippen molar-refractivity contribution in [2.75, 3.05) is 0 Å². The lowest BCUT2D eigenvalue weighted by Crippen LogP contribution is -2.11. The molecule has 0 fully saturated rings. The fraction of sp³-hybridized carbons (Fsp3) is 0.500. The van der Waals surface area contributed by atoms with Gasteiger partial charge in [-0.3, -0.25) is 4.98 Å². The van der Waals surface area contributed by atoms with Gasteiger partial charge in [-0.05, 0) is 18.6 Å². The Morgan fingerprint density at radius 1 is 1.40 bits per heavy atom. The Labute approximate surface area is 85.8 Å². The first-order chi connectivity index (χ1) is 6.93. The van der Waals surface area contributed by atoms with Crippen LogP contribution in [0.15, 0.2) is 18.3 Å². The van der Waals surface area contributed by atoms with Crippen molar-refractivity contribution >= 4 is 0 Å². The molecule has 1 aromatic heterocycles. The first-order valence-corrected chi connectivity index (χ1v) is 4.63. The molecule has 84 valence electrons. The Balaban J connectivity index is 2.73. The second-order valence-electron chi connectivity index (χ2n) is 3.30. The molecule has 1 N–H and O–H groups in total. The zero-order valence-corrected chi connectivity index (χ0v) is 8.25. The molecule has 15 heavy (non-hydrogen) atoms. The predicted octanol–water partition coefficient (Wildman–Crippen LogP) is 2.41. The summed E-state index contributed by atoms with van der Waals surface area (Å²) in [5, 5.41) is 9.28. The van der Waals surface area contributed by atoms with E-state index >= 15 is 0 Å². The van der Waals surface area contributed by atoms with Crippen LogP contribution < -0.4 is 0 Å². The molecule has 0 amide bonds. The lowest BCUT2D eigenvalue weighted by molar-refractivity contribution is -0.137. The number of hydrogen-bond donors (Lipinski definition) is 1. The average Bonchev–Trinajstić information content (AvgIpc) is 2.17. The van der Waals surface area contributed by atoms with Gasteiger partial charge < -0.3 is 5.11 Å². The van der Waals surface area contributed by atoms with E-state index in [0.717, 1.165) is 12.3 Å². The normalized spacial score (nSPS) is 13.9. The van der Waals surface area contributed by atoms with Gasteiger partial charge in [0.1, 0.15) is 0 Å². The van der Waals surface area contributed by atoms with E-state index in [2.05, 4.69) is 4.98 Å². The molecule has 2 nitrogen and oxygen atoms in total. The van der Waals surface area contributed by atoms with Crippen LogP contribution in [0.25, 0.3) is 0 Å². The fourth-order valence-electron chi connectivity index (χ4n) is 1.10. The summed E-state index contributed by atoms with van der Waals surface area (Å²) in [6.07, 6.45) is -3.27. The molecule has 0 radical (unpaired) electrons. The smallest absolute Gasteiger partial charge is 0.393 e. The van der Waals surface area contributed by atoms with Crippen LogP contribution in [0.5, 0.6) is 0 Å². The highest BCUT2D eigenvalue weighted by Gasteiger charge is 2.30. The summed E-state index contributed by atoms with van der Waals surface area (Å²) in [5.41, 5.74) is -0.297. The van der Waals surface area contributed by atoms with Crippen LogP contribution in [0, 0.1) is 0 Å². The SMILES string of the molecule is CCC(O)Cc1ccc(C(F)(F)F)cn1. The molecule has 1 aromatic rings. The molecular formula is C10H12F3NO. The van der Waals surface area contributed by atoms with Gasteiger partial charge in [0.2, 0.25) is 0 Å². The van der Waals surface area contributed by atoms with Gasteiger partial charge in [0.05, 0.1) is 11.7 Å². The third-order valence-corrected chi connectivity index (χ3v) is 2.07. The number of rotatable bonds is 3. The van der Waals surface area contributed by atoms with Crippen LogP contribution in [0.1, 0.15) is 24.6 Å².